The first-order valence-electron chi connectivity index (χ1n) is 10.2. The number of aromatic nitrogens is 2. The number of benzene rings is 1. The van der Waals surface area contributed by atoms with Gasteiger partial charge in [0.25, 0.3) is 0 Å². The van der Waals surface area contributed by atoms with E-state index in [4.69, 9.17) is 0 Å². The molecule has 1 saturated heterocycles. The van der Waals surface area contributed by atoms with E-state index in [-0.39, 0.29) is 29.6 Å². The molecule has 1 aliphatic carbocycles. The highest BCUT2D eigenvalue weighted by Crippen LogP contribution is 2.44. The highest BCUT2D eigenvalue weighted by Gasteiger charge is 2.54. The smallest absolute Gasteiger partial charge is 0.225 e. The van der Waals surface area contributed by atoms with Crippen LogP contribution >= 0.6 is 0 Å². The van der Waals surface area contributed by atoms with Gasteiger partial charge in [-0.3, -0.25) is 4.79 Å². The Morgan fingerprint density at radius 2 is 1.79 bits per heavy atom. The van der Waals surface area contributed by atoms with Crippen molar-refractivity contribution in [2.24, 2.45) is 23.7 Å². The second kappa shape index (κ2) is 8.08. The maximum atomic E-state index is 13.2. The molecule has 0 bridgehead atoms. The predicted octanol–water partition coefficient (Wildman–Crippen LogP) is 1.14. The molecule has 7 nitrogen and oxygen atoms in total. The molecule has 2 fully saturated rings. The first-order chi connectivity index (χ1) is 14.0. The van der Waals surface area contributed by atoms with Crippen molar-refractivity contribution in [3.63, 3.8) is 0 Å². The molecule has 154 valence electrons. The average Bonchev–Trinajstić information content (AvgIpc) is 3.17. The monoisotopic (exact) mass is 396 g/mol. The zero-order chi connectivity index (χ0) is 20.5. The van der Waals surface area contributed by atoms with Gasteiger partial charge in [-0.05, 0) is 36.0 Å². The minimum Gasteiger partial charge on any atom is -0.390 e. The average molecular weight is 396 g/mol. The molecule has 1 saturated carbocycles. The molecular weight excluding hydrogens is 368 g/mol. The van der Waals surface area contributed by atoms with Gasteiger partial charge in [0.15, 0.2) is 0 Å². The molecule has 7 heteroatoms. The maximum absolute atomic E-state index is 13.2. The summed E-state index contributed by atoms with van der Waals surface area (Å²) in [5.41, 5.74) is 2.21. The number of fused-ring (bicyclic) bond motifs is 1. The van der Waals surface area contributed by atoms with E-state index in [9.17, 15) is 15.0 Å². The van der Waals surface area contributed by atoms with E-state index in [0.717, 1.165) is 11.1 Å². The van der Waals surface area contributed by atoms with Gasteiger partial charge in [-0.1, -0.05) is 31.2 Å². The number of amides is 1. The molecule has 2 aromatic rings. The lowest BCUT2D eigenvalue weighted by Gasteiger charge is -2.43. The van der Waals surface area contributed by atoms with Gasteiger partial charge in [-0.15, -0.1) is 0 Å². The third-order valence-corrected chi connectivity index (χ3v) is 6.62. The maximum Gasteiger partial charge on any atom is 0.225 e. The normalized spacial score (nSPS) is 31.4. The van der Waals surface area contributed by atoms with Crippen LogP contribution in [0.5, 0.6) is 0 Å². The molecule has 3 N–H and O–H groups in total. The molecule has 1 amide bonds. The van der Waals surface area contributed by atoms with Crippen LogP contribution < -0.4 is 10.2 Å². The first kappa shape index (κ1) is 19.8. The van der Waals surface area contributed by atoms with Gasteiger partial charge in [0.1, 0.15) is 0 Å². The zero-order valence-corrected chi connectivity index (χ0v) is 16.8. The Hall–Kier alpha value is -2.51. The van der Waals surface area contributed by atoms with Crippen molar-refractivity contribution < 1.29 is 15.0 Å². The van der Waals surface area contributed by atoms with Crippen molar-refractivity contribution in [1.82, 2.24) is 15.3 Å². The van der Waals surface area contributed by atoms with Gasteiger partial charge in [-0.25, -0.2) is 9.97 Å². The van der Waals surface area contributed by atoms with Gasteiger partial charge in [0, 0.05) is 43.9 Å². The van der Waals surface area contributed by atoms with E-state index in [1.807, 2.05) is 43.0 Å². The lowest BCUT2D eigenvalue weighted by atomic mass is 9.65. The fourth-order valence-electron chi connectivity index (χ4n) is 4.92. The molecular formula is C22H28N4O3. The van der Waals surface area contributed by atoms with Crippen LogP contribution in [-0.4, -0.2) is 51.4 Å². The fourth-order valence-corrected chi connectivity index (χ4v) is 4.92. The summed E-state index contributed by atoms with van der Waals surface area (Å²) in [6, 6.07) is 9.73. The number of hydrogen-bond donors (Lipinski definition) is 3. The van der Waals surface area contributed by atoms with E-state index < -0.39 is 12.2 Å². The van der Waals surface area contributed by atoms with E-state index >= 15 is 0 Å². The Bertz CT molecular complexity index is 862. The molecule has 4 rings (SSSR count). The topological polar surface area (TPSA) is 98.6 Å². The first-order valence-corrected chi connectivity index (χ1v) is 10.2. The summed E-state index contributed by atoms with van der Waals surface area (Å²) < 4.78 is 0. The number of anilines is 1. The molecule has 29 heavy (non-hydrogen) atoms. The number of carbonyl (C=O) groups excluding carboxylic acids is 1. The van der Waals surface area contributed by atoms with E-state index in [1.165, 1.54) is 0 Å². The van der Waals surface area contributed by atoms with Gasteiger partial charge in [0.2, 0.25) is 11.9 Å². The van der Waals surface area contributed by atoms with Crippen LogP contribution in [0.4, 0.5) is 5.95 Å². The lowest BCUT2D eigenvalue weighted by Crippen LogP contribution is -2.55. The highest BCUT2D eigenvalue weighted by molar-refractivity contribution is 5.80. The second-order valence-corrected chi connectivity index (χ2v) is 8.29. The number of rotatable bonds is 4. The minimum atomic E-state index is -0.929. The molecule has 0 radical (unpaired) electrons. The van der Waals surface area contributed by atoms with Crippen molar-refractivity contribution >= 4 is 11.9 Å². The van der Waals surface area contributed by atoms with Crippen LogP contribution in [0, 0.1) is 30.6 Å². The Balaban J connectivity index is 1.53. The number of hydrogen-bond acceptors (Lipinski definition) is 6. The summed E-state index contributed by atoms with van der Waals surface area (Å²) in [6.07, 6.45) is 1.58. The number of nitrogens with zero attached hydrogens (tertiary/aromatic N) is 3. The Morgan fingerprint density at radius 3 is 2.52 bits per heavy atom. The van der Waals surface area contributed by atoms with Gasteiger partial charge < -0.3 is 20.4 Å². The molecule has 2 heterocycles. The van der Waals surface area contributed by atoms with Crippen molar-refractivity contribution in [3.05, 3.63) is 53.9 Å². The molecule has 2 aliphatic rings. The van der Waals surface area contributed by atoms with Crippen LogP contribution in [0.2, 0.25) is 0 Å². The standard InChI is InChI=1S/C22H28N4O3/c1-13-6-3-4-7-15(13)10-25-21(29)18-14(2)19(27)20(28)17-12-26(11-16(17)18)22-23-8-5-9-24-22/h3-9,14,16-20,27-28H,10-12H2,1-2H3,(H,25,29)/t14-,16+,17+,18+,19+,20+/m1/s1. The van der Waals surface area contributed by atoms with Crippen LogP contribution in [-0.2, 0) is 11.3 Å². The predicted molar refractivity (Wildman–Crippen MR) is 109 cm³/mol. The minimum absolute atomic E-state index is 0.0657. The number of aliphatic hydroxyl groups excluding tert-OH is 2. The summed E-state index contributed by atoms with van der Waals surface area (Å²) >= 11 is 0. The Labute approximate surface area is 170 Å². The second-order valence-electron chi connectivity index (χ2n) is 8.29. The van der Waals surface area contributed by atoms with E-state index in [1.54, 1.807) is 18.5 Å². The molecule has 0 spiro atoms. The molecule has 6 atom stereocenters. The molecule has 1 aromatic heterocycles. The third-order valence-electron chi connectivity index (χ3n) is 6.62. The zero-order valence-electron chi connectivity index (χ0n) is 16.8. The van der Waals surface area contributed by atoms with Crippen LogP contribution in [0.1, 0.15) is 18.1 Å². The van der Waals surface area contributed by atoms with Crippen molar-refractivity contribution in [1.29, 1.82) is 0 Å². The van der Waals surface area contributed by atoms with Crippen LogP contribution in [0.3, 0.4) is 0 Å². The molecule has 1 aliphatic heterocycles. The highest BCUT2D eigenvalue weighted by atomic mass is 16.3. The van der Waals surface area contributed by atoms with Crippen molar-refractivity contribution in [2.75, 3.05) is 18.0 Å². The summed E-state index contributed by atoms with van der Waals surface area (Å²) in [7, 11) is 0. The summed E-state index contributed by atoms with van der Waals surface area (Å²) in [4.78, 5) is 23.8. The van der Waals surface area contributed by atoms with Crippen LogP contribution in [0.15, 0.2) is 42.7 Å². The van der Waals surface area contributed by atoms with Gasteiger partial charge in [-0.2, -0.15) is 0 Å². The third kappa shape index (κ3) is 3.72. The number of aliphatic hydroxyl groups is 2. The van der Waals surface area contributed by atoms with E-state index in [0.29, 0.717) is 25.6 Å². The molecule has 0 unspecified atom stereocenters. The van der Waals surface area contributed by atoms with Gasteiger partial charge in [0.05, 0.1) is 12.2 Å². The fraction of sp³-hybridized carbons (Fsp3) is 0.500. The number of carbonyl (C=O) groups is 1. The molecule has 1 aromatic carbocycles. The van der Waals surface area contributed by atoms with Crippen molar-refractivity contribution in [3.8, 4) is 0 Å². The largest absolute Gasteiger partial charge is 0.390 e. The van der Waals surface area contributed by atoms with E-state index in [2.05, 4.69) is 15.3 Å². The SMILES string of the molecule is Cc1ccccc1CNC(=O)[C@H]1[C@@H](C)[C@H](O)[C@@H](O)[C@H]2CN(c3ncccn3)C[C@@H]21. The van der Waals surface area contributed by atoms with Crippen molar-refractivity contribution in [2.45, 2.75) is 32.6 Å². The van der Waals surface area contributed by atoms with Crippen LogP contribution in [0.25, 0.3) is 0 Å². The quantitative estimate of drug-likeness (QED) is 0.717. The summed E-state index contributed by atoms with van der Waals surface area (Å²) in [5, 5.41) is 24.4. The lowest BCUT2D eigenvalue weighted by molar-refractivity contribution is -0.146. The number of aryl methyl sites for hydroxylation is 1. The number of nitrogens with one attached hydrogen (secondary N) is 1. The van der Waals surface area contributed by atoms with Gasteiger partial charge >= 0.3 is 0 Å². The Kier molecular flexibility index (Phi) is 5.52. The summed E-state index contributed by atoms with van der Waals surface area (Å²) in [6.45, 7) is 5.45. The summed E-state index contributed by atoms with van der Waals surface area (Å²) in [5.74, 6) is -0.452. The Morgan fingerprint density at radius 1 is 1.10 bits per heavy atom.